The Bertz CT molecular complexity index is 739. The van der Waals surface area contributed by atoms with Crippen molar-refractivity contribution in [1.82, 2.24) is 0 Å². The molecule has 0 amide bonds. The summed E-state index contributed by atoms with van der Waals surface area (Å²) in [5.41, 5.74) is -9.74. The predicted octanol–water partition coefficient (Wildman–Crippen LogP) is 5.72. The van der Waals surface area contributed by atoms with Crippen molar-refractivity contribution < 1.29 is 49.4 Å². The second kappa shape index (κ2) is 6.18. The molecule has 11 heteroatoms. The summed E-state index contributed by atoms with van der Waals surface area (Å²) < 4.78 is 129. The number of aliphatic hydroxyl groups is 1. The maximum absolute atomic E-state index is 14.7. The van der Waals surface area contributed by atoms with Crippen molar-refractivity contribution in [1.29, 1.82) is 0 Å². The highest BCUT2D eigenvalue weighted by Gasteiger charge is 3.00. The Kier molecular flexibility index (Phi) is 5.03. The minimum atomic E-state index is -6.67. The summed E-state index contributed by atoms with van der Waals surface area (Å²) in [6, 6.07) is 4.36. The van der Waals surface area contributed by atoms with Gasteiger partial charge >= 0.3 is 23.7 Å². The molecule has 0 saturated heterocycles. The number of benzene rings is 1. The minimum Gasteiger partial charge on any atom is -0.488 e. The van der Waals surface area contributed by atoms with E-state index in [0.29, 0.717) is 6.92 Å². The molecule has 2 nitrogen and oxygen atoms in total. The Morgan fingerprint density at radius 2 is 1.10 bits per heavy atom. The van der Waals surface area contributed by atoms with E-state index >= 15 is 0 Å². The van der Waals surface area contributed by atoms with Gasteiger partial charge < -0.3 is 9.84 Å². The molecule has 1 atom stereocenters. The van der Waals surface area contributed by atoms with E-state index in [1.165, 1.54) is 12.1 Å². The molecule has 1 fully saturated rings. The van der Waals surface area contributed by atoms with Gasteiger partial charge in [0.05, 0.1) is 5.60 Å². The van der Waals surface area contributed by atoms with Crippen LogP contribution in [0.25, 0.3) is 0 Å². The molecule has 0 bridgehead atoms. The lowest BCUT2D eigenvalue weighted by atomic mass is 9.80. The van der Waals surface area contributed by atoms with Crippen molar-refractivity contribution in [3.8, 4) is 5.75 Å². The Labute approximate surface area is 160 Å². The summed E-state index contributed by atoms with van der Waals surface area (Å²) in [5, 5.41) is 10.3. The first kappa shape index (κ1) is 23.6. The number of hydrogen-bond donors (Lipinski definition) is 1. The molecule has 0 radical (unpaired) electrons. The molecule has 166 valence electrons. The van der Waals surface area contributed by atoms with Crippen LogP contribution in [-0.2, 0) is 5.60 Å². The molecular weight excluding hydrogens is 419 g/mol. The zero-order chi connectivity index (χ0) is 22.9. The zero-order valence-corrected chi connectivity index (χ0v) is 15.8. The van der Waals surface area contributed by atoms with Crippen LogP contribution in [0.2, 0.25) is 0 Å². The van der Waals surface area contributed by atoms with Gasteiger partial charge in [0.15, 0.2) is 0 Å². The molecule has 1 aromatic rings. The van der Waals surface area contributed by atoms with Gasteiger partial charge in [0.1, 0.15) is 11.4 Å². The van der Waals surface area contributed by atoms with Crippen LogP contribution in [0.3, 0.4) is 0 Å². The number of alkyl halides is 9. The highest BCUT2D eigenvalue weighted by molar-refractivity contribution is 5.34. The standard InChI is InChI=1S/C18H19F9O2/c1-12(2,3)29-11-7-5-10(6-8-11)13(4,28)9-14(19)15(20,21)17(24,25)18(26,27)16(14,22)23/h5-8,28H,9H2,1-4H3. The second-order valence-electron chi connectivity index (χ2n) is 8.29. The summed E-state index contributed by atoms with van der Waals surface area (Å²) in [5.74, 6) is -26.0. The van der Waals surface area contributed by atoms with Gasteiger partial charge in [-0.25, -0.2) is 4.39 Å². The average molecular weight is 438 g/mol. The van der Waals surface area contributed by atoms with Gasteiger partial charge in [-0.05, 0) is 45.4 Å². The summed E-state index contributed by atoms with van der Waals surface area (Å²) in [6.07, 6.45) is -2.41. The smallest absolute Gasteiger partial charge is 0.381 e. The highest BCUT2D eigenvalue weighted by Crippen LogP contribution is 2.70. The van der Waals surface area contributed by atoms with Crippen molar-refractivity contribution in [2.45, 2.75) is 74.7 Å². The molecule has 0 heterocycles. The monoisotopic (exact) mass is 438 g/mol. The topological polar surface area (TPSA) is 29.5 Å². The van der Waals surface area contributed by atoms with Crippen molar-refractivity contribution >= 4 is 0 Å². The van der Waals surface area contributed by atoms with E-state index in [1.54, 1.807) is 20.8 Å². The van der Waals surface area contributed by atoms with Crippen LogP contribution >= 0.6 is 0 Å². The molecule has 0 aromatic heterocycles. The Morgan fingerprint density at radius 1 is 0.724 bits per heavy atom. The minimum absolute atomic E-state index is 0.210. The van der Waals surface area contributed by atoms with Crippen LogP contribution in [-0.4, -0.2) is 40.1 Å². The first-order chi connectivity index (χ1) is 12.6. The molecule has 1 aliphatic rings. The normalized spacial score (nSPS) is 26.0. The lowest BCUT2D eigenvalue weighted by molar-refractivity contribution is -0.303. The fourth-order valence-electron chi connectivity index (χ4n) is 3.12. The summed E-state index contributed by atoms with van der Waals surface area (Å²) in [4.78, 5) is 0. The summed E-state index contributed by atoms with van der Waals surface area (Å²) >= 11 is 0. The molecule has 29 heavy (non-hydrogen) atoms. The summed E-state index contributed by atoms with van der Waals surface area (Å²) in [6.45, 7) is 5.65. The predicted molar refractivity (Wildman–Crippen MR) is 84.6 cm³/mol. The molecule has 1 aromatic carbocycles. The third-order valence-electron chi connectivity index (χ3n) is 4.67. The third kappa shape index (κ3) is 3.16. The van der Waals surface area contributed by atoms with Gasteiger partial charge in [-0.3, -0.25) is 0 Å². The van der Waals surface area contributed by atoms with Gasteiger partial charge in [-0.2, -0.15) is 35.1 Å². The van der Waals surface area contributed by atoms with Gasteiger partial charge in [0, 0.05) is 6.42 Å². The van der Waals surface area contributed by atoms with Crippen molar-refractivity contribution in [3.05, 3.63) is 29.8 Å². The molecule has 1 aliphatic carbocycles. The quantitative estimate of drug-likeness (QED) is 0.609. The molecule has 0 spiro atoms. The lowest BCUT2D eigenvalue weighted by Crippen LogP contribution is -2.57. The number of ether oxygens (including phenoxy) is 1. The first-order valence-electron chi connectivity index (χ1n) is 8.36. The van der Waals surface area contributed by atoms with Gasteiger partial charge in [-0.15, -0.1) is 0 Å². The van der Waals surface area contributed by atoms with E-state index in [9.17, 15) is 44.6 Å². The maximum Gasteiger partial charge on any atom is 0.381 e. The van der Waals surface area contributed by atoms with Crippen molar-refractivity contribution in [2.24, 2.45) is 0 Å². The number of rotatable bonds is 4. The van der Waals surface area contributed by atoms with Gasteiger partial charge in [0.2, 0.25) is 0 Å². The van der Waals surface area contributed by atoms with E-state index in [0.717, 1.165) is 12.1 Å². The van der Waals surface area contributed by atoms with Crippen LogP contribution in [0.4, 0.5) is 39.5 Å². The van der Waals surface area contributed by atoms with Gasteiger partial charge in [-0.1, -0.05) is 12.1 Å². The van der Waals surface area contributed by atoms with Crippen LogP contribution in [0, 0.1) is 0 Å². The van der Waals surface area contributed by atoms with E-state index in [2.05, 4.69) is 0 Å². The van der Waals surface area contributed by atoms with Crippen LogP contribution in [0.5, 0.6) is 5.75 Å². The first-order valence-corrected chi connectivity index (χ1v) is 8.36. The fourth-order valence-corrected chi connectivity index (χ4v) is 3.12. The van der Waals surface area contributed by atoms with Crippen LogP contribution in [0.15, 0.2) is 24.3 Å². The van der Waals surface area contributed by atoms with E-state index in [1.807, 2.05) is 0 Å². The Morgan fingerprint density at radius 3 is 1.45 bits per heavy atom. The van der Waals surface area contributed by atoms with Gasteiger partial charge in [0.25, 0.3) is 5.67 Å². The Hall–Kier alpha value is -1.65. The third-order valence-corrected chi connectivity index (χ3v) is 4.67. The lowest BCUT2D eigenvalue weighted by Gasteiger charge is -2.37. The highest BCUT2D eigenvalue weighted by atomic mass is 19.4. The average Bonchev–Trinajstić information content (AvgIpc) is 2.56. The molecule has 1 unspecified atom stereocenters. The fraction of sp³-hybridized carbons (Fsp3) is 0.667. The van der Waals surface area contributed by atoms with Crippen LogP contribution in [0.1, 0.15) is 39.7 Å². The zero-order valence-electron chi connectivity index (χ0n) is 15.8. The van der Waals surface area contributed by atoms with E-state index in [4.69, 9.17) is 4.74 Å². The summed E-state index contributed by atoms with van der Waals surface area (Å²) in [7, 11) is 0. The van der Waals surface area contributed by atoms with Crippen molar-refractivity contribution in [3.63, 3.8) is 0 Å². The molecule has 1 N–H and O–H groups in total. The molecule has 2 rings (SSSR count). The largest absolute Gasteiger partial charge is 0.488 e. The maximum atomic E-state index is 14.7. The molecule has 0 aliphatic heterocycles. The Balaban J connectivity index is 2.45. The second-order valence-corrected chi connectivity index (χ2v) is 8.29. The number of hydrogen-bond acceptors (Lipinski definition) is 2. The number of halogens is 9. The van der Waals surface area contributed by atoms with Crippen LogP contribution < -0.4 is 4.74 Å². The SMILES string of the molecule is CC(C)(C)Oc1ccc(C(C)(O)CC2(F)C(F)(F)C(F)(F)C(F)(F)C2(F)F)cc1. The molecular formula is C18H19F9O2. The van der Waals surface area contributed by atoms with E-state index in [-0.39, 0.29) is 5.75 Å². The van der Waals surface area contributed by atoms with Crippen molar-refractivity contribution in [2.75, 3.05) is 0 Å². The van der Waals surface area contributed by atoms with E-state index < -0.39 is 52.5 Å². The molecule has 1 saturated carbocycles.